The van der Waals surface area contributed by atoms with E-state index >= 15 is 0 Å². The summed E-state index contributed by atoms with van der Waals surface area (Å²) in [5, 5.41) is 30.6. The van der Waals surface area contributed by atoms with Gasteiger partial charge in [-0.05, 0) is 42.9 Å². The number of carbonyl (C=O) groups is 2. The van der Waals surface area contributed by atoms with E-state index in [-0.39, 0.29) is 6.42 Å². The Morgan fingerprint density at radius 3 is 1.96 bits per heavy atom. The highest BCUT2D eigenvalue weighted by Gasteiger charge is 2.63. The van der Waals surface area contributed by atoms with Gasteiger partial charge >= 0.3 is 11.9 Å². The van der Waals surface area contributed by atoms with Crippen LogP contribution in [0.5, 0.6) is 5.75 Å². The normalized spacial score (nSPS) is 16.3. The van der Waals surface area contributed by atoms with Gasteiger partial charge in [-0.3, -0.25) is 4.79 Å². The number of allylic oxidation sites excluding steroid dienone is 1. The molecule has 6 heteroatoms. The zero-order valence-corrected chi connectivity index (χ0v) is 16.6. The number of carboxylic acid groups (broad SMARTS) is 2. The summed E-state index contributed by atoms with van der Waals surface area (Å²) in [6, 6.07) is 7.26. The predicted molar refractivity (Wildman–Crippen MR) is 104 cm³/mol. The second-order valence-corrected chi connectivity index (χ2v) is 7.27. The van der Waals surface area contributed by atoms with E-state index in [2.05, 4.69) is 0 Å². The number of benzene rings is 1. The van der Waals surface area contributed by atoms with E-state index in [0.29, 0.717) is 6.61 Å². The largest absolute Gasteiger partial charge is 0.494 e. The number of ether oxygens (including phenoxy) is 1. The molecule has 2 atom stereocenters. The van der Waals surface area contributed by atoms with Gasteiger partial charge in [-0.15, -0.1) is 0 Å². The molecule has 1 aromatic carbocycles. The smallest absolute Gasteiger partial charge is 0.337 e. The molecule has 0 aromatic heterocycles. The summed E-state index contributed by atoms with van der Waals surface area (Å²) in [7, 11) is 0. The van der Waals surface area contributed by atoms with E-state index in [1.165, 1.54) is 13.8 Å². The summed E-state index contributed by atoms with van der Waals surface area (Å²) >= 11 is 0. The Balaban J connectivity index is 3.26. The Morgan fingerprint density at radius 1 is 1.04 bits per heavy atom. The van der Waals surface area contributed by atoms with Crippen LogP contribution < -0.4 is 4.74 Å². The lowest BCUT2D eigenvalue weighted by Gasteiger charge is -2.46. The van der Waals surface area contributed by atoms with Crippen LogP contribution in [0.4, 0.5) is 0 Å². The van der Waals surface area contributed by atoms with E-state index in [0.717, 1.165) is 11.3 Å². The molecule has 0 aliphatic carbocycles. The molecular weight excluding hydrogens is 348 g/mol. The first-order valence-electron chi connectivity index (χ1n) is 9.12. The van der Waals surface area contributed by atoms with E-state index in [4.69, 9.17) is 4.74 Å². The number of aliphatic carboxylic acids is 2. The SMILES string of the molecule is CCOc1ccc(C=CC[C@@](C(=O)O)(C(C)C)[C@](O)(C(=O)O)C(C)C)cc1. The lowest BCUT2D eigenvalue weighted by atomic mass is 9.59. The molecule has 0 fully saturated rings. The monoisotopic (exact) mass is 378 g/mol. The zero-order valence-electron chi connectivity index (χ0n) is 16.6. The second kappa shape index (κ2) is 9.04. The third-order valence-electron chi connectivity index (χ3n) is 5.15. The molecule has 0 aliphatic rings. The molecule has 0 radical (unpaired) electrons. The molecule has 1 aromatic rings. The molecule has 1 rings (SSSR count). The number of rotatable bonds is 10. The molecule has 27 heavy (non-hydrogen) atoms. The molecule has 0 amide bonds. The van der Waals surface area contributed by atoms with Crippen molar-refractivity contribution in [2.75, 3.05) is 6.61 Å². The first kappa shape index (κ1) is 22.7. The van der Waals surface area contributed by atoms with Crippen LogP contribution >= 0.6 is 0 Å². The van der Waals surface area contributed by atoms with Gasteiger partial charge in [-0.1, -0.05) is 52.0 Å². The van der Waals surface area contributed by atoms with Crippen LogP contribution in [0.3, 0.4) is 0 Å². The fraction of sp³-hybridized carbons (Fsp3) is 0.524. The minimum Gasteiger partial charge on any atom is -0.494 e. The van der Waals surface area contributed by atoms with Gasteiger partial charge in [0, 0.05) is 0 Å². The minimum absolute atomic E-state index is 0.117. The number of hydrogen-bond donors (Lipinski definition) is 3. The van der Waals surface area contributed by atoms with E-state index < -0.39 is 34.8 Å². The van der Waals surface area contributed by atoms with Crippen LogP contribution in [-0.4, -0.2) is 39.5 Å². The molecule has 0 saturated carbocycles. The highest BCUT2D eigenvalue weighted by atomic mass is 16.5. The summed E-state index contributed by atoms with van der Waals surface area (Å²) < 4.78 is 5.38. The van der Waals surface area contributed by atoms with Crippen LogP contribution in [0.2, 0.25) is 0 Å². The van der Waals surface area contributed by atoms with Crippen molar-refractivity contribution in [1.29, 1.82) is 0 Å². The molecule has 0 aliphatic heterocycles. The van der Waals surface area contributed by atoms with Crippen LogP contribution in [0.1, 0.15) is 46.6 Å². The maximum absolute atomic E-state index is 12.2. The van der Waals surface area contributed by atoms with Crippen molar-refractivity contribution >= 4 is 18.0 Å². The van der Waals surface area contributed by atoms with Crippen LogP contribution in [0.15, 0.2) is 30.3 Å². The van der Waals surface area contributed by atoms with Gasteiger partial charge in [0.2, 0.25) is 0 Å². The molecule has 3 N–H and O–H groups in total. The van der Waals surface area contributed by atoms with Crippen LogP contribution in [-0.2, 0) is 9.59 Å². The minimum atomic E-state index is -2.41. The lowest BCUT2D eigenvalue weighted by Crippen LogP contribution is -2.63. The molecular formula is C21H30O6. The highest BCUT2D eigenvalue weighted by Crippen LogP contribution is 2.47. The zero-order chi connectivity index (χ0) is 20.8. The quantitative estimate of drug-likeness (QED) is 0.574. The van der Waals surface area contributed by atoms with Crippen molar-refractivity contribution < 1.29 is 29.6 Å². The van der Waals surface area contributed by atoms with Gasteiger partial charge in [0.25, 0.3) is 0 Å². The topological polar surface area (TPSA) is 104 Å². The van der Waals surface area contributed by atoms with E-state index in [9.17, 15) is 24.9 Å². The summed E-state index contributed by atoms with van der Waals surface area (Å²) in [6.45, 7) is 8.73. The third-order valence-corrected chi connectivity index (χ3v) is 5.15. The fourth-order valence-corrected chi connectivity index (χ4v) is 3.50. The molecule has 0 saturated heterocycles. The van der Waals surface area contributed by atoms with E-state index in [1.807, 2.05) is 19.1 Å². The summed E-state index contributed by atoms with van der Waals surface area (Å²) in [6.07, 6.45) is 3.21. The standard InChI is InChI=1S/C21H30O6/c1-6-27-17-11-9-16(10-12-17)8-7-13-20(14(2)3,18(22)23)21(26,15(4)5)19(24)25/h7-12,14-15,26H,6,13H2,1-5H3,(H,22,23)(H,24,25)/t20-,21+/m0/s1. The summed E-state index contributed by atoms with van der Waals surface area (Å²) in [5.41, 5.74) is -3.45. The Kier molecular flexibility index (Phi) is 7.60. The Morgan fingerprint density at radius 2 is 1.59 bits per heavy atom. The average molecular weight is 378 g/mol. The Labute approximate surface area is 160 Å². The Bertz CT molecular complexity index is 676. The number of aliphatic hydroxyl groups is 1. The molecule has 150 valence electrons. The summed E-state index contributed by atoms with van der Waals surface area (Å²) in [4.78, 5) is 24.1. The third kappa shape index (κ3) is 4.33. The van der Waals surface area contributed by atoms with Crippen molar-refractivity contribution in [3.8, 4) is 5.75 Å². The molecule has 0 bridgehead atoms. The van der Waals surface area contributed by atoms with Crippen LogP contribution in [0.25, 0.3) is 6.08 Å². The molecule has 0 spiro atoms. The van der Waals surface area contributed by atoms with Gasteiger partial charge in [-0.25, -0.2) is 4.79 Å². The maximum Gasteiger partial charge on any atom is 0.337 e. The van der Waals surface area contributed by atoms with Gasteiger partial charge < -0.3 is 20.1 Å². The summed E-state index contributed by atoms with van der Waals surface area (Å²) in [5.74, 6) is -3.51. The lowest BCUT2D eigenvalue weighted by molar-refractivity contribution is -0.204. The van der Waals surface area contributed by atoms with Gasteiger partial charge in [0.05, 0.1) is 6.61 Å². The Hall–Kier alpha value is -2.34. The molecule has 0 heterocycles. The first-order chi connectivity index (χ1) is 12.5. The molecule has 6 nitrogen and oxygen atoms in total. The fourth-order valence-electron chi connectivity index (χ4n) is 3.50. The molecule has 0 unspecified atom stereocenters. The van der Waals surface area contributed by atoms with Gasteiger partial charge in [-0.2, -0.15) is 0 Å². The van der Waals surface area contributed by atoms with Crippen LogP contribution in [0, 0.1) is 17.3 Å². The van der Waals surface area contributed by atoms with Crippen molar-refractivity contribution in [2.24, 2.45) is 17.3 Å². The van der Waals surface area contributed by atoms with Crippen molar-refractivity contribution in [3.05, 3.63) is 35.9 Å². The second-order valence-electron chi connectivity index (χ2n) is 7.27. The number of hydrogen-bond acceptors (Lipinski definition) is 4. The van der Waals surface area contributed by atoms with Gasteiger partial charge in [0.1, 0.15) is 11.2 Å². The van der Waals surface area contributed by atoms with E-state index in [1.54, 1.807) is 38.1 Å². The predicted octanol–water partition coefficient (Wildman–Crippen LogP) is 3.69. The van der Waals surface area contributed by atoms with Crippen molar-refractivity contribution in [3.63, 3.8) is 0 Å². The maximum atomic E-state index is 12.2. The van der Waals surface area contributed by atoms with Crippen molar-refractivity contribution in [1.82, 2.24) is 0 Å². The average Bonchev–Trinajstić information content (AvgIpc) is 2.58. The van der Waals surface area contributed by atoms with Crippen molar-refractivity contribution in [2.45, 2.75) is 46.6 Å². The first-order valence-corrected chi connectivity index (χ1v) is 9.12. The highest BCUT2D eigenvalue weighted by molar-refractivity contribution is 5.89. The van der Waals surface area contributed by atoms with Gasteiger partial charge in [0.15, 0.2) is 5.60 Å². The number of carboxylic acids is 2.